The molecule has 0 bridgehead atoms. The molecule has 0 fully saturated rings. The maximum atomic E-state index is 4.50. The maximum absolute atomic E-state index is 4.50. The minimum absolute atomic E-state index is 0.0432. The largest absolute Gasteiger partial charge is 0.369 e. The van der Waals surface area contributed by atoms with E-state index in [1.54, 1.807) is 11.8 Å². The Morgan fingerprint density at radius 3 is 2.79 bits per heavy atom. The number of nitrogens with zero attached hydrogens (tertiary/aromatic N) is 2. The van der Waals surface area contributed by atoms with Crippen molar-refractivity contribution in [1.82, 2.24) is 9.97 Å². The summed E-state index contributed by atoms with van der Waals surface area (Å²) in [6.45, 7) is 7.17. The first-order chi connectivity index (χ1) is 9.01. The molecule has 0 aliphatic rings. The Bertz CT molecular complexity index is 364. The molecule has 5 heteroatoms. The van der Waals surface area contributed by atoms with Crippen molar-refractivity contribution < 1.29 is 0 Å². The van der Waals surface area contributed by atoms with Crippen LogP contribution in [0.15, 0.2) is 17.4 Å². The molecule has 3 nitrogen and oxygen atoms in total. The molecule has 1 N–H and O–H groups in total. The van der Waals surface area contributed by atoms with E-state index >= 15 is 0 Å². The fourth-order valence-electron chi connectivity index (χ4n) is 1.51. The molecule has 108 valence electrons. The van der Waals surface area contributed by atoms with E-state index in [1.807, 2.05) is 12.3 Å². The first-order valence-electron chi connectivity index (χ1n) is 6.93. The number of hydrogen-bond donors (Lipinski definition) is 2. The summed E-state index contributed by atoms with van der Waals surface area (Å²) in [7, 11) is 0. The van der Waals surface area contributed by atoms with Crippen molar-refractivity contribution in [3.63, 3.8) is 0 Å². The van der Waals surface area contributed by atoms with Crippen LogP contribution >= 0.6 is 24.4 Å². The van der Waals surface area contributed by atoms with E-state index in [0.29, 0.717) is 0 Å². The summed E-state index contributed by atoms with van der Waals surface area (Å²) in [5.41, 5.74) is 0. The zero-order valence-electron chi connectivity index (χ0n) is 12.1. The van der Waals surface area contributed by atoms with Crippen molar-refractivity contribution in [1.29, 1.82) is 0 Å². The van der Waals surface area contributed by atoms with Crippen molar-refractivity contribution in [3.8, 4) is 0 Å². The van der Waals surface area contributed by atoms with Gasteiger partial charge in [-0.25, -0.2) is 9.97 Å². The van der Waals surface area contributed by atoms with Gasteiger partial charge in [-0.05, 0) is 26.3 Å². The Kier molecular flexibility index (Phi) is 7.61. The average Bonchev–Trinajstić information content (AvgIpc) is 2.36. The fourth-order valence-corrected chi connectivity index (χ4v) is 2.42. The molecule has 0 amide bonds. The minimum atomic E-state index is -0.0432. The number of nitrogens with one attached hydrogen (secondary N) is 1. The van der Waals surface area contributed by atoms with Crippen molar-refractivity contribution in [2.24, 2.45) is 0 Å². The molecule has 1 rings (SSSR count). The van der Waals surface area contributed by atoms with Crippen LogP contribution in [0.5, 0.6) is 0 Å². The van der Waals surface area contributed by atoms with Crippen LogP contribution in [-0.2, 0) is 0 Å². The van der Waals surface area contributed by atoms with Crippen LogP contribution in [0.1, 0.15) is 46.5 Å². The molecule has 0 atom stereocenters. The van der Waals surface area contributed by atoms with Gasteiger partial charge in [0.1, 0.15) is 5.82 Å². The summed E-state index contributed by atoms with van der Waals surface area (Å²) in [5, 5.41) is 4.15. The van der Waals surface area contributed by atoms with Gasteiger partial charge >= 0.3 is 0 Å². The summed E-state index contributed by atoms with van der Waals surface area (Å²) in [6.07, 6.45) is 6.95. The third kappa shape index (κ3) is 8.37. The van der Waals surface area contributed by atoms with E-state index in [4.69, 9.17) is 0 Å². The van der Waals surface area contributed by atoms with Gasteiger partial charge in [0.2, 0.25) is 0 Å². The lowest BCUT2D eigenvalue weighted by atomic mass is 10.2. The summed E-state index contributed by atoms with van der Waals surface area (Å²) in [5.74, 6) is 1.98. The summed E-state index contributed by atoms with van der Waals surface area (Å²) in [4.78, 5) is 8.79. The smallest absolute Gasteiger partial charge is 0.189 e. The highest BCUT2D eigenvalue weighted by Crippen LogP contribution is 2.18. The van der Waals surface area contributed by atoms with Gasteiger partial charge in [-0.1, -0.05) is 37.9 Å². The molecule has 1 heterocycles. The Morgan fingerprint density at radius 2 is 2.11 bits per heavy atom. The lowest BCUT2D eigenvalue weighted by Crippen LogP contribution is -2.23. The zero-order chi connectivity index (χ0) is 14.1. The van der Waals surface area contributed by atoms with Crippen molar-refractivity contribution in [2.45, 2.75) is 56.4 Å². The van der Waals surface area contributed by atoms with Crippen LogP contribution in [0.4, 0.5) is 5.82 Å². The van der Waals surface area contributed by atoms with E-state index in [0.717, 1.165) is 23.3 Å². The molecule has 0 aromatic carbocycles. The number of thiol groups is 1. The van der Waals surface area contributed by atoms with Gasteiger partial charge in [0.25, 0.3) is 0 Å². The van der Waals surface area contributed by atoms with Crippen LogP contribution in [0, 0.1) is 0 Å². The van der Waals surface area contributed by atoms with Crippen molar-refractivity contribution in [3.05, 3.63) is 12.3 Å². The van der Waals surface area contributed by atoms with E-state index in [-0.39, 0.29) is 4.75 Å². The van der Waals surface area contributed by atoms with Gasteiger partial charge < -0.3 is 5.32 Å². The maximum Gasteiger partial charge on any atom is 0.189 e. The highest BCUT2D eigenvalue weighted by Gasteiger charge is 2.11. The Morgan fingerprint density at radius 1 is 1.32 bits per heavy atom. The van der Waals surface area contributed by atoms with Gasteiger partial charge in [-0.3, -0.25) is 0 Å². The number of rotatable bonds is 9. The normalized spacial score (nSPS) is 11.6. The standard InChI is InChI=1S/C14H25N3S2/c1-4-5-6-7-10-19-13-15-9-8-12(17-13)16-11-14(2,3)18/h8-9,18H,4-7,10-11H2,1-3H3,(H,15,16,17). The van der Waals surface area contributed by atoms with Crippen LogP contribution in [0.25, 0.3) is 0 Å². The second-order valence-electron chi connectivity index (χ2n) is 5.30. The van der Waals surface area contributed by atoms with Crippen LogP contribution in [0.2, 0.25) is 0 Å². The summed E-state index contributed by atoms with van der Waals surface area (Å²) < 4.78 is -0.0432. The SMILES string of the molecule is CCCCCCSc1nccc(NCC(C)(C)S)n1. The highest BCUT2D eigenvalue weighted by atomic mass is 32.2. The zero-order valence-corrected chi connectivity index (χ0v) is 13.9. The average molecular weight is 300 g/mol. The minimum Gasteiger partial charge on any atom is -0.369 e. The Hall–Kier alpha value is -0.420. The number of anilines is 1. The van der Waals surface area contributed by atoms with E-state index in [1.165, 1.54) is 25.7 Å². The number of aromatic nitrogens is 2. The molecular weight excluding hydrogens is 274 g/mol. The topological polar surface area (TPSA) is 37.8 Å². The van der Waals surface area contributed by atoms with Crippen molar-refractivity contribution in [2.75, 3.05) is 17.6 Å². The third-order valence-corrected chi connectivity index (χ3v) is 3.67. The Balaban J connectivity index is 2.35. The molecular formula is C14H25N3S2. The van der Waals surface area contributed by atoms with Gasteiger partial charge in [-0.15, -0.1) is 0 Å². The quantitative estimate of drug-likeness (QED) is 0.309. The number of unbranched alkanes of at least 4 members (excludes halogenated alkanes) is 3. The Labute approximate surface area is 126 Å². The molecule has 0 radical (unpaired) electrons. The van der Waals surface area contributed by atoms with E-state index in [9.17, 15) is 0 Å². The number of hydrogen-bond acceptors (Lipinski definition) is 5. The van der Waals surface area contributed by atoms with Crippen LogP contribution < -0.4 is 5.32 Å². The molecule has 0 spiro atoms. The highest BCUT2D eigenvalue weighted by molar-refractivity contribution is 7.99. The summed E-state index contributed by atoms with van der Waals surface area (Å²) >= 11 is 6.23. The van der Waals surface area contributed by atoms with Crippen LogP contribution in [-0.4, -0.2) is 27.0 Å². The number of thioether (sulfide) groups is 1. The molecule has 1 aromatic rings. The van der Waals surface area contributed by atoms with E-state index in [2.05, 4.69) is 48.7 Å². The van der Waals surface area contributed by atoms with Gasteiger partial charge in [0.05, 0.1) is 0 Å². The van der Waals surface area contributed by atoms with Crippen molar-refractivity contribution >= 4 is 30.2 Å². The molecule has 0 unspecified atom stereocenters. The second-order valence-corrected chi connectivity index (χ2v) is 7.57. The van der Waals surface area contributed by atoms with Gasteiger partial charge in [0, 0.05) is 23.2 Å². The molecule has 0 saturated heterocycles. The molecule has 0 aliphatic heterocycles. The fraction of sp³-hybridized carbons (Fsp3) is 0.714. The lowest BCUT2D eigenvalue weighted by Gasteiger charge is -2.18. The molecule has 0 saturated carbocycles. The molecule has 19 heavy (non-hydrogen) atoms. The molecule has 1 aromatic heterocycles. The summed E-state index contributed by atoms with van der Waals surface area (Å²) in [6, 6.07) is 1.90. The monoisotopic (exact) mass is 299 g/mol. The van der Waals surface area contributed by atoms with Gasteiger partial charge in [0.15, 0.2) is 5.16 Å². The van der Waals surface area contributed by atoms with Crippen LogP contribution in [0.3, 0.4) is 0 Å². The first kappa shape index (κ1) is 16.6. The van der Waals surface area contributed by atoms with E-state index < -0.39 is 0 Å². The lowest BCUT2D eigenvalue weighted by molar-refractivity contribution is 0.706. The first-order valence-corrected chi connectivity index (χ1v) is 8.36. The second kappa shape index (κ2) is 8.69. The third-order valence-electron chi connectivity index (χ3n) is 2.56. The molecule has 0 aliphatic carbocycles. The predicted octanol–water partition coefficient (Wildman–Crippen LogP) is 4.27. The predicted molar refractivity (Wildman–Crippen MR) is 88.5 cm³/mol. The van der Waals surface area contributed by atoms with Gasteiger partial charge in [-0.2, -0.15) is 12.6 Å².